The van der Waals surface area contributed by atoms with Crippen molar-refractivity contribution in [1.29, 1.82) is 0 Å². The summed E-state index contributed by atoms with van der Waals surface area (Å²) in [6, 6.07) is 24.9. The molecule has 0 saturated carbocycles. The molecule has 262 valence electrons. The van der Waals surface area contributed by atoms with Gasteiger partial charge in [0.15, 0.2) is 0 Å². The number of nitrogens with one attached hydrogen (secondary N) is 3. The number of carbonyl (C=O) groups excluding carboxylic acids is 1. The second kappa shape index (κ2) is 18.1. The third-order valence-corrected chi connectivity index (χ3v) is 8.24. The maximum Gasteiger partial charge on any atom is 0.293 e. The molecule has 0 unspecified atom stereocenters. The van der Waals surface area contributed by atoms with Crippen LogP contribution in [-0.2, 0) is 40.6 Å². The summed E-state index contributed by atoms with van der Waals surface area (Å²) in [5.74, 6) is 2.87. The summed E-state index contributed by atoms with van der Waals surface area (Å²) in [5, 5.41) is 5.69. The quantitative estimate of drug-likeness (QED) is 0.0895. The van der Waals surface area contributed by atoms with Crippen LogP contribution in [0.2, 0.25) is 0 Å². The Bertz CT molecular complexity index is 1970. The van der Waals surface area contributed by atoms with E-state index < -0.39 is 0 Å². The molecule has 1 aliphatic rings. The number of rotatable bonds is 12. The molecule has 7 rings (SSSR count). The number of imidazole rings is 2. The summed E-state index contributed by atoms with van der Waals surface area (Å²) in [6.07, 6.45) is 4.16. The first-order chi connectivity index (χ1) is 24.5. The fraction of sp³-hybridized carbons (Fsp3) is 0.325. The predicted molar refractivity (Wildman–Crippen MR) is 200 cm³/mol. The zero-order chi connectivity index (χ0) is 35.3. The molecule has 0 radical (unpaired) electrons. The van der Waals surface area contributed by atoms with Crippen molar-refractivity contribution < 1.29 is 19.0 Å². The molecule has 6 aromatic rings. The van der Waals surface area contributed by atoms with Crippen molar-refractivity contribution in [3.63, 3.8) is 0 Å². The fourth-order valence-corrected chi connectivity index (χ4v) is 5.98. The Morgan fingerprint density at radius 3 is 2.54 bits per heavy atom. The normalized spacial score (nSPS) is 11.6. The Hall–Kier alpha value is -5.03. The largest absolute Gasteiger partial charge is 0.488 e. The van der Waals surface area contributed by atoms with Crippen LogP contribution in [0.25, 0.3) is 44.2 Å². The number of hydrogen-bond acceptors (Lipinski definition) is 8. The number of aromatic nitrogens is 4. The highest BCUT2D eigenvalue weighted by molar-refractivity contribution is 6.07. The van der Waals surface area contributed by atoms with E-state index in [-0.39, 0.29) is 0 Å². The lowest BCUT2D eigenvalue weighted by atomic mass is 9.92. The molecule has 1 aliphatic heterocycles. The van der Waals surface area contributed by atoms with Gasteiger partial charge >= 0.3 is 0 Å². The number of nitrogens with zero attached hydrogens (tertiary/aromatic N) is 3. The molecule has 0 spiro atoms. The Morgan fingerprint density at radius 1 is 0.960 bits per heavy atom. The number of hydrogen-bond donors (Lipinski definition) is 3. The van der Waals surface area contributed by atoms with Crippen LogP contribution in [0.4, 0.5) is 0 Å². The molecule has 0 amide bonds. The van der Waals surface area contributed by atoms with E-state index in [2.05, 4.69) is 98.0 Å². The maximum atomic E-state index is 9.76. The van der Waals surface area contributed by atoms with Crippen molar-refractivity contribution in [2.24, 2.45) is 0 Å². The first kappa shape index (κ1) is 36.3. The number of methoxy groups -OCH3 is 1. The van der Waals surface area contributed by atoms with Crippen LogP contribution in [-0.4, -0.2) is 65.7 Å². The van der Waals surface area contributed by atoms with Crippen LogP contribution < -0.4 is 10.1 Å². The lowest BCUT2D eigenvalue weighted by Gasteiger charge is -2.22. The Balaban J connectivity index is 0.000000317. The smallest absolute Gasteiger partial charge is 0.293 e. The van der Waals surface area contributed by atoms with Crippen molar-refractivity contribution in [3.05, 3.63) is 102 Å². The molecule has 3 heterocycles. The fourth-order valence-electron chi connectivity index (χ4n) is 5.98. The van der Waals surface area contributed by atoms with Gasteiger partial charge in [0.2, 0.25) is 0 Å². The molecule has 0 saturated heterocycles. The van der Waals surface area contributed by atoms with Gasteiger partial charge in [-0.3, -0.25) is 9.69 Å². The lowest BCUT2D eigenvalue weighted by molar-refractivity contribution is -0.129. The van der Waals surface area contributed by atoms with Crippen LogP contribution in [0.5, 0.6) is 5.75 Å². The van der Waals surface area contributed by atoms with E-state index >= 15 is 0 Å². The highest BCUT2D eigenvalue weighted by Crippen LogP contribution is 2.42. The zero-order valence-corrected chi connectivity index (χ0v) is 29.7. The van der Waals surface area contributed by atoms with Gasteiger partial charge < -0.3 is 29.5 Å². The molecule has 2 aromatic heterocycles. The minimum Gasteiger partial charge on any atom is -0.488 e. The number of aromatic amines is 2. The third-order valence-electron chi connectivity index (χ3n) is 8.24. The molecular formula is C40H48N6O4. The minimum absolute atomic E-state index is 0.365. The Morgan fingerprint density at radius 2 is 1.78 bits per heavy atom. The van der Waals surface area contributed by atoms with Crippen molar-refractivity contribution >= 4 is 28.3 Å². The first-order valence-corrected chi connectivity index (χ1v) is 17.1. The van der Waals surface area contributed by atoms with Crippen molar-refractivity contribution in [2.45, 2.75) is 53.0 Å². The second-order valence-corrected chi connectivity index (χ2v) is 12.3. The van der Waals surface area contributed by atoms with Gasteiger partial charge in [-0.2, -0.15) is 0 Å². The number of H-pyrrole nitrogens is 2. The van der Waals surface area contributed by atoms with Gasteiger partial charge in [0, 0.05) is 25.2 Å². The van der Waals surface area contributed by atoms with Crippen LogP contribution >= 0.6 is 0 Å². The van der Waals surface area contributed by atoms with E-state index in [1.54, 1.807) is 14.2 Å². The average molecular weight is 677 g/mol. The molecule has 10 nitrogen and oxygen atoms in total. The van der Waals surface area contributed by atoms with E-state index in [1.807, 2.05) is 36.5 Å². The molecule has 3 N–H and O–H groups in total. The summed E-state index contributed by atoms with van der Waals surface area (Å²) in [4.78, 5) is 28.5. The Kier molecular flexibility index (Phi) is 13.1. The third kappa shape index (κ3) is 9.15. The highest BCUT2D eigenvalue weighted by Gasteiger charge is 2.20. The van der Waals surface area contributed by atoms with E-state index in [0.29, 0.717) is 19.7 Å². The summed E-state index contributed by atoms with van der Waals surface area (Å²) < 4.78 is 15.1. The van der Waals surface area contributed by atoms with Crippen LogP contribution in [0, 0.1) is 0 Å². The van der Waals surface area contributed by atoms with Gasteiger partial charge in [-0.05, 0) is 84.9 Å². The van der Waals surface area contributed by atoms with Gasteiger partial charge in [0.25, 0.3) is 6.47 Å². The van der Waals surface area contributed by atoms with Crippen molar-refractivity contribution in [1.82, 2.24) is 30.2 Å². The molecule has 0 atom stereocenters. The van der Waals surface area contributed by atoms with E-state index in [9.17, 15) is 4.79 Å². The lowest BCUT2D eigenvalue weighted by Crippen LogP contribution is -2.19. The molecular weight excluding hydrogens is 628 g/mol. The summed E-state index contributed by atoms with van der Waals surface area (Å²) >= 11 is 0. The van der Waals surface area contributed by atoms with E-state index in [4.69, 9.17) is 9.72 Å². The topological polar surface area (TPSA) is 117 Å². The molecule has 0 bridgehead atoms. The number of fused-ring (bicyclic) bond motifs is 6. The first-order valence-electron chi connectivity index (χ1n) is 17.1. The molecule has 10 heteroatoms. The number of benzene rings is 4. The second-order valence-electron chi connectivity index (χ2n) is 12.3. The number of ether oxygens (including phenoxy) is 3. The Labute approximate surface area is 294 Å². The SMILES string of the molecule is CCCNCc1ncc(-c2ccc3c(c2)COc2cc4c(ccc5[nH]c(CN(C)CCC)nc54)cc2-3)[nH]1.COC.O=COCc1ccccc1. The summed E-state index contributed by atoms with van der Waals surface area (Å²) in [6.45, 7) is 9.34. The van der Waals surface area contributed by atoms with Gasteiger partial charge in [-0.15, -0.1) is 0 Å². The average Bonchev–Trinajstić information content (AvgIpc) is 3.78. The van der Waals surface area contributed by atoms with Gasteiger partial charge in [0.05, 0.1) is 36.0 Å². The van der Waals surface area contributed by atoms with E-state index in [0.717, 1.165) is 95.2 Å². The summed E-state index contributed by atoms with van der Waals surface area (Å²) in [7, 11) is 5.39. The standard InChI is InChI=1S/C30H34N6O.C8H8O2.C2H6O/c1-4-10-31-16-28-32-15-26(34-28)20-6-8-22-21(12-20)18-37-27-14-23-19(13-24(22)27)7-9-25-30(23)35-29(33-25)17-36(3)11-5-2;9-7-10-6-8-4-2-1-3-5-8;1-3-2/h6-9,12-15,31H,4-5,10-11,16-18H2,1-3H3,(H,32,34)(H,33,35);1-5,7H,6H2;1-2H3. The van der Waals surface area contributed by atoms with Gasteiger partial charge in [-0.25, -0.2) is 9.97 Å². The molecule has 4 aromatic carbocycles. The maximum absolute atomic E-state index is 9.76. The molecule has 50 heavy (non-hydrogen) atoms. The van der Waals surface area contributed by atoms with Gasteiger partial charge in [0.1, 0.15) is 30.6 Å². The van der Waals surface area contributed by atoms with Gasteiger partial charge in [-0.1, -0.05) is 62.4 Å². The van der Waals surface area contributed by atoms with Crippen LogP contribution in [0.15, 0.2) is 79.0 Å². The van der Waals surface area contributed by atoms with E-state index in [1.165, 1.54) is 16.5 Å². The predicted octanol–water partition coefficient (Wildman–Crippen LogP) is 7.63. The molecule has 0 fully saturated rings. The van der Waals surface area contributed by atoms with Crippen molar-refractivity contribution in [2.75, 3.05) is 34.4 Å². The van der Waals surface area contributed by atoms with Crippen LogP contribution in [0.3, 0.4) is 0 Å². The van der Waals surface area contributed by atoms with Crippen molar-refractivity contribution in [3.8, 4) is 28.1 Å². The van der Waals surface area contributed by atoms with Crippen LogP contribution in [0.1, 0.15) is 49.5 Å². The molecule has 0 aliphatic carbocycles. The zero-order valence-electron chi connectivity index (χ0n) is 29.7. The summed E-state index contributed by atoms with van der Waals surface area (Å²) in [5.41, 5.74) is 8.78. The monoisotopic (exact) mass is 676 g/mol. The minimum atomic E-state index is 0.365. The number of carbonyl (C=O) groups is 1. The highest BCUT2D eigenvalue weighted by atomic mass is 16.5.